The van der Waals surface area contributed by atoms with E-state index in [2.05, 4.69) is 10.6 Å². The van der Waals surface area contributed by atoms with Gasteiger partial charge in [0.05, 0.1) is 0 Å². The van der Waals surface area contributed by atoms with Gasteiger partial charge in [0, 0.05) is 18.0 Å². The Morgan fingerprint density at radius 2 is 1.67 bits per heavy atom. The maximum Gasteiger partial charge on any atom is 0.235 e. The van der Waals surface area contributed by atoms with Gasteiger partial charge in [0.2, 0.25) is 11.8 Å². The van der Waals surface area contributed by atoms with Gasteiger partial charge in [0.15, 0.2) is 0 Å². The van der Waals surface area contributed by atoms with Crippen molar-refractivity contribution in [3.63, 3.8) is 0 Å². The summed E-state index contributed by atoms with van der Waals surface area (Å²) in [6.07, 6.45) is 8.97. The molecule has 0 aromatic heterocycles. The molecule has 21 heavy (non-hydrogen) atoms. The van der Waals surface area contributed by atoms with E-state index < -0.39 is 0 Å². The van der Waals surface area contributed by atoms with Crippen molar-refractivity contribution in [2.45, 2.75) is 63.5 Å². The molecular weight excluding hydrogens is 288 g/mol. The Morgan fingerprint density at radius 1 is 0.952 bits per heavy atom. The molecule has 0 heterocycles. The predicted octanol–water partition coefficient (Wildman–Crippen LogP) is 2.20. The van der Waals surface area contributed by atoms with Crippen LogP contribution in [0.2, 0.25) is 0 Å². The molecule has 3 saturated carbocycles. The van der Waals surface area contributed by atoms with Crippen molar-refractivity contribution in [3.05, 3.63) is 0 Å². The molecule has 4 nitrogen and oxygen atoms in total. The minimum atomic E-state index is -0.136. The number of hydrogen-bond donors (Lipinski definition) is 2. The SMILES string of the molecule is O=C(CCl)NC1CCCCC1NC(=O)C1CC2CCC1C2. The van der Waals surface area contributed by atoms with Gasteiger partial charge in [-0.25, -0.2) is 0 Å². The molecule has 3 aliphatic rings. The van der Waals surface area contributed by atoms with E-state index in [1.54, 1.807) is 0 Å². The third-order valence-electron chi connectivity index (χ3n) is 5.64. The van der Waals surface area contributed by atoms with Crippen molar-refractivity contribution in [2.24, 2.45) is 17.8 Å². The molecule has 0 aromatic carbocycles. The Morgan fingerprint density at radius 3 is 2.24 bits per heavy atom. The van der Waals surface area contributed by atoms with E-state index in [1.165, 1.54) is 19.3 Å². The van der Waals surface area contributed by atoms with Crippen LogP contribution in [-0.2, 0) is 9.59 Å². The largest absolute Gasteiger partial charge is 0.351 e. The van der Waals surface area contributed by atoms with Crippen LogP contribution in [-0.4, -0.2) is 29.8 Å². The number of halogens is 1. The van der Waals surface area contributed by atoms with Crippen LogP contribution in [0, 0.1) is 17.8 Å². The van der Waals surface area contributed by atoms with E-state index in [9.17, 15) is 9.59 Å². The van der Waals surface area contributed by atoms with Gasteiger partial charge in [-0.2, -0.15) is 0 Å². The molecule has 0 radical (unpaired) electrons. The first-order chi connectivity index (χ1) is 10.2. The minimum absolute atomic E-state index is 0.0104. The summed E-state index contributed by atoms with van der Waals surface area (Å²) < 4.78 is 0. The second-order valence-corrected chi connectivity index (χ2v) is 7.26. The van der Waals surface area contributed by atoms with E-state index >= 15 is 0 Å². The fourth-order valence-electron chi connectivity index (χ4n) is 4.58. The fraction of sp³-hybridized carbons (Fsp3) is 0.875. The summed E-state index contributed by atoms with van der Waals surface area (Å²) in [6, 6.07) is 0.130. The van der Waals surface area contributed by atoms with Crippen molar-refractivity contribution >= 4 is 23.4 Å². The Balaban J connectivity index is 1.56. The van der Waals surface area contributed by atoms with Crippen LogP contribution in [0.4, 0.5) is 0 Å². The highest BCUT2D eigenvalue weighted by molar-refractivity contribution is 6.27. The Kier molecular flexibility index (Phi) is 4.72. The number of amides is 2. The normalized spacial score (nSPS) is 38.2. The van der Waals surface area contributed by atoms with Gasteiger partial charge in [-0.15, -0.1) is 11.6 Å². The highest BCUT2D eigenvalue weighted by Crippen LogP contribution is 2.48. The number of fused-ring (bicyclic) bond motifs is 2. The lowest BCUT2D eigenvalue weighted by molar-refractivity contribution is -0.128. The van der Waals surface area contributed by atoms with Crippen molar-refractivity contribution in [1.82, 2.24) is 10.6 Å². The van der Waals surface area contributed by atoms with Gasteiger partial charge >= 0.3 is 0 Å². The van der Waals surface area contributed by atoms with Crippen LogP contribution in [0.3, 0.4) is 0 Å². The smallest absolute Gasteiger partial charge is 0.235 e. The average molecular weight is 313 g/mol. The summed E-state index contributed by atoms with van der Waals surface area (Å²) >= 11 is 5.57. The Labute approximate surface area is 131 Å². The van der Waals surface area contributed by atoms with E-state index in [4.69, 9.17) is 11.6 Å². The van der Waals surface area contributed by atoms with Crippen molar-refractivity contribution in [1.29, 1.82) is 0 Å². The number of carbonyl (C=O) groups is 2. The molecule has 0 saturated heterocycles. The molecule has 2 bridgehead atoms. The van der Waals surface area contributed by atoms with E-state index in [-0.39, 0.29) is 35.7 Å². The van der Waals surface area contributed by atoms with Gasteiger partial charge in [-0.1, -0.05) is 19.3 Å². The van der Waals surface area contributed by atoms with Crippen LogP contribution < -0.4 is 10.6 Å². The third-order valence-corrected chi connectivity index (χ3v) is 5.88. The maximum absolute atomic E-state index is 12.6. The minimum Gasteiger partial charge on any atom is -0.351 e. The lowest BCUT2D eigenvalue weighted by Crippen LogP contribution is -2.54. The fourth-order valence-corrected chi connectivity index (χ4v) is 4.65. The quantitative estimate of drug-likeness (QED) is 0.782. The summed E-state index contributed by atoms with van der Waals surface area (Å²) in [5, 5.41) is 6.19. The first-order valence-corrected chi connectivity index (χ1v) is 8.86. The summed E-state index contributed by atoms with van der Waals surface area (Å²) in [6.45, 7) is 0. The van der Waals surface area contributed by atoms with Crippen molar-refractivity contribution in [2.75, 3.05) is 5.88 Å². The molecule has 0 aromatic rings. The summed E-state index contributed by atoms with van der Waals surface area (Å²) in [7, 11) is 0. The van der Waals surface area contributed by atoms with E-state index in [0.29, 0.717) is 5.92 Å². The molecule has 118 valence electrons. The zero-order valence-corrected chi connectivity index (χ0v) is 13.2. The monoisotopic (exact) mass is 312 g/mol. The molecule has 2 N–H and O–H groups in total. The zero-order valence-electron chi connectivity index (χ0n) is 12.4. The number of rotatable bonds is 4. The van der Waals surface area contributed by atoms with E-state index in [1.807, 2.05) is 0 Å². The van der Waals surface area contributed by atoms with Crippen molar-refractivity contribution in [3.8, 4) is 0 Å². The molecule has 0 aliphatic heterocycles. The highest BCUT2D eigenvalue weighted by Gasteiger charge is 2.43. The molecule has 5 unspecified atom stereocenters. The maximum atomic E-state index is 12.6. The van der Waals surface area contributed by atoms with Crippen molar-refractivity contribution < 1.29 is 9.59 Å². The predicted molar refractivity (Wildman–Crippen MR) is 82.0 cm³/mol. The first-order valence-electron chi connectivity index (χ1n) is 8.33. The third kappa shape index (κ3) is 3.36. The molecule has 3 aliphatic carbocycles. The molecule has 5 atom stereocenters. The average Bonchev–Trinajstić information content (AvgIpc) is 3.12. The van der Waals surface area contributed by atoms with Crippen LogP contribution >= 0.6 is 11.6 Å². The first kappa shape index (κ1) is 15.1. The van der Waals surface area contributed by atoms with Gasteiger partial charge < -0.3 is 10.6 Å². The molecule has 0 spiro atoms. The lowest BCUT2D eigenvalue weighted by atomic mass is 9.86. The standard InChI is InChI=1S/C16H25ClN2O2/c17-9-15(20)18-13-3-1-2-4-14(13)19-16(21)12-8-10-5-6-11(12)7-10/h10-14H,1-9H2,(H,18,20)(H,19,21). The molecular formula is C16H25ClN2O2. The topological polar surface area (TPSA) is 58.2 Å². The molecule has 5 heteroatoms. The highest BCUT2D eigenvalue weighted by atomic mass is 35.5. The van der Waals surface area contributed by atoms with Gasteiger partial charge in [0.1, 0.15) is 5.88 Å². The van der Waals surface area contributed by atoms with Crippen LogP contribution in [0.1, 0.15) is 51.4 Å². The Hall–Kier alpha value is -0.770. The van der Waals surface area contributed by atoms with Gasteiger partial charge in [0.25, 0.3) is 0 Å². The molecule has 3 fully saturated rings. The molecule has 2 amide bonds. The lowest BCUT2D eigenvalue weighted by Gasteiger charge is -2.34. The number of alkyl halides is 1. The van der Waals surface area contributed by atoms with Crippen LogP contribution in [0.5, 0.6) is 0 Å². The summed E-state index contributed by atoms with van der Waals surface area (Å²) in [5.74, 6) is 1.68. The summed E-state index contributed by atoms with van der Waals surface area (Å²) in [5.41, 5.74) is 0. The number of carbonyl (C=O) groups excluding carboxylic acids is 2. The second kappa shape index (κ2) is 6.55. The van der Waals surface area contributed by atoms with Gasteiger partial charge in [-0.05, 0) is 43.9 Å². The zero-order chi connectivity index (χ0) is 14.8. The van der Waals surface area contributed by atoms with E-state index in [0.717, 1.165) is 38.0 Å². The molecule has 3 rings (SSSR count). The van der Waals surface area contributed by atoms with Crippen LogP contribution in [0.15, 0.2) is 0 Å². The van der Waals surface area contributed by atoms with Crippen LogP contribution in [0.25, 0.3) is 0 Å². The summed E-state index contributed by atoms with van der Waals surface area (Å²) in [4.78, 5) is 24.1. The number of hydrogen-bond acceptors (Lipinski definition) is 2. The van der Waals surface area contributed by atoms with Gasteiger partial charge in [-0.3, -0.25) is 9.59 Å². The second-order valence-electron chi connectivity index (χ2n) is 6.99. The Bertz CT molecular complexity index is 415. The number of nitrogens with one attached hydrogen (secondary N) is 2.